The van der Waals surface area contributed by atoms with Crippen LogP contribution in [0.3, 0.4) is 0 Å². The summed E-state index contributed by atoms with van der Waals surface area (Å²) < 4.78 is 26.3. The lowest BCUT2D eigenvalue weighted by molar-refractivity contribution is 0.00578. The Hall–Kier alpha value is -0.345. The summed E-state index contributed by atoms with van der Waals surface area (Å²) in [6.07, 6.45) is 6.72. The molecule has 0 radical (unpaired) electrons. The number of hydrogen-bond acceptors (Lipinski definition) is 2. The quantitative estimate of drug-likeness (QED) is 0.662. The molecule has 0 aromatic rings. The van der Waals surface area contributed by atoms with Crippen molar-refractivity contribution in [2.75, 3.05) is 0 Å². The first kappa shape index (κ1) is 13.6. The van der Waals surface area contributed by atoms with Gasteiger partial charge in [-0.05, 0) is 77.2 Å². The number of halogens is 1. The minimum Gasteiger partial charge on any atom is -0.398 e. The molecule has 3 fully saturated rings. The fourth-order valence-electron chi connectivity index (χ4n) is 3.23. The largest absolute Gasteiger partial charge is 0.525 e. The highest BCUT2D eigenvalue weighted by molar-refractivity contribution is 6.53. The molecule has 1 saturated heterocycles. The highest BCUT2D eigenvalue weighted by Gasteiger charge is 2.54. The molecular formula is C15H24BFO2. The van der Waals surface area contributed by atoms with Crippen molar-refractivity contribution in [1.29, 1.82) is 0 Å². The van der Waals surface area contributed by atoms with Gasteiger partial charge in [-0.25, -0.2) is 4.39 Å². The topological polar surface area (TPSA) is 18.5 Å². The van der Waals surface area contributed by atoms with E-state index < -0.39 is 18.3 Å². The molecule has 0 aromatic heterocycles. The van der Waals surface area contributed by atoms with Crippen molar-refractivity contribution in [3.63, 3.8) is 0 Å². The summed E-state index contributed by atoms with van der Waals surface area (Å²) in [4.78, 5) is 0. The third-order valence-electron chi connectivity index (χ3n) is 5.53. The minimum absolute atomic E-state index is 0.148. The average molecular weight is 266 g/mol. The van der Waals surface area contributed by atoms with Gasteiger partial charge in [-0.15, -0.1) is 0 Å². The fourth-order valence-corrected chi connectivity index (χ4v) is 3.23. The molecule has 3 aliphatic rings. The van der Waals surface area contributed by atoms with Crippen LogP contribution in [0, 0.1) is 5.41 Å². The maximum absolute atomic E-state index is 14.7. The van der Waals surface area contributed by atoms with E-state index in [1.807, 2.05) is 27.7 Å². The standard InChI is InChI=1S/C15H24BFO2/c1-13(2)14(3,4)19-16(18-13)12(17)11-6-5-7-15(10-11)8-9-15/h5-10H2,1-4H3. The predicted octanol–water partition coefficient (Wildman–Crippen LogP) is 4.20. The van der Waals surface area contributed by atoms with E-state index in [-0.39, 0.29) is 5.73 Å². The van der Waals surface area contributed by atoms with E-state index in [0.29, 0.717) is 5.41 Å². The van der Waals surface area contributed by atoms with Crippen molar-refractivity contribution in [3.8, 4) is 0 Å². The Bertz CT molecular complexity index is 408. The Morgan fingerprint density at radius 1 is 1.05 bits per heavy atom. The van der Waals surface area contributed by atoms with E-state index >= 15 is 0 Å². The first-order chi connectivity index (χ1) is 8.75. The lowest BCUT2D eigenvalue weighted by Gasteiger charge is -2.32. The zero-order chi connectivity index (χ0) is 13.9. The van der Waals surface area contributed by atoms with Gasteiger partial charge in [-0.3, -0.25) is 0 Å². The minimum atomic E-state index is -0.797. The second kappa shape index (κ2) is 4.08. The second-order valence-corrected chi connectivity index (χ2v) is 7.57. The summed E-state index contributed by atoms with van der Waals surface area (Å²) in [6.45, 7) is 7.87. The van der Waals surface area contributed by atoms with Gasteiger partial charge in [0.05, 0.1) is 11.2 Å². The lowest BCUT2D eigenvalue weighted by Crippen LogP contribution is -2.41. The van der Waals surface area contributed by atoms with Crippen LogP contribution in [-0.4, -0.2) is 18.3 Å². The molecule has 1 heterocycles. The van der Waals surface area contributed by atoms with Crippen molar-refractivity contribution < 1.29 is 13.7 Å². The van der Waals surface area contributed by atoms with E-state index in [1.165, 1.54) is 19.3 Å². The summed E-state index contributed by atoms with van der Waals surface area (Å²) >= 11 is 0. The third-order valence-corrected chi connectivity index (χ3v) is 5.53. The molecule has 3 rings (SSSR count). The second-order valence-electron chi connectivity index (χ2n) is 7.57. The van der Waals surface area contributed by atoms with Gasteiger partial charge < -0.3 is 9.31 Å². The number of allylic oxidation sites excluding steroid dienone is 1. The van der Waals surface area contributed by atoms with E-state index in [0.717, 1.165) is 24.8 Å². The highest BCUT2D eigenvalue weighted by Crippen LogP contribution is 2.58. The maximum atomic E-state index is 14.7. The first-order valence-electron chi connectivity index (χ1n) is 7.48. The Balaban J connectivity index is 1.79. The molecule has 0 aromatic carbocycles. The van der Waals surface area contributed by atoms with Gasteiger partial charge in [0.15, 0.2) is 0 Å². The van der Waals surface area contributed by atoms with Gasteiger partial charge in [0.25, 0.3) is 0 Å². The van der Waals surface area contributed by atoms with Crippen LogP contribution in [0.25, 0.3) is 0 Å². The molecular weight excluding hydrogens is 242 g/mol. The molecule has 0 atom stereocenters. The van der Waals surface area contributed by atoms with Crippen LogP contribution in [0.4, 0.5) is 4.39 Å². The molecule has 4 heteroatoms. The van der Waals surface area contributed by atoms with Crippen LogP contribution >= 0.6 is 0 Å². The van der Waals surface area contributed by atoms with Crippen LogP contribution in [0.15, 0.2) is 11.3 Å². The Labute approximate surface area is 115 Å². The van der Waals surface area contributed by atoms with Gasteiger partial charge in [-0.2, -0.15) is 0 Å². The molecule has 106 valence electrons. The SMILES string of the molecule is CC1(C)OB(C(F)=C2CCCC3(CC3)C2)OC1(C)C. The highest BCUT2D eigenvalue weighted by atomic mass is 19.1. The Kier molecular flexibility index (Phi) is 2.93. The molecule has 0 N–H and O–H groups in total. The molecule has 0 unspecified atom stereocenters. The molecule has 19 heavy (non-hydrogen) atoms. The smallest absolute Gasteiger partial charge is 0.398 e. The molecule has 1 spiro atoms. The summed E-state index contributed by atoms with van der Waals surface area (Å²) in [6, 6.07) is 0. The van der Waals surface area contributed by atoms with E-state index in [2.05, 4.69) is 0 Å². The van der Waals surface area contributed by atoms with Gasteiger partial charge in [0.2, 0.25) is 0 Å². The van der Waals surface area contributed by atoms with Gasteiger partial charge in [0, 0.05) is 0 Å². The Morgan fingerprint density at radius 2 is 1.63 bits per heavy atom. The van der Waals surface area contributed by atoms with Crippen molar-refractivity contribution in [3.05, 3.63) is 11.3 Å². The fraction of sp³-hybridized carbons (Fsp3) is 0.867. The molecule has 2 aliphatic carbocycles. The van der Waals surface area contributed by atoms with Crippen molar-refractivity contribution in [1.82, 2.24) is 0 Å². The zero-order valence-corrected chi connectivity index (χ0v) is 12.5. The zero-order valence-electron chi connectivity index (χ0n) is 12.5. The first-order valence-corrected chi connectivity index (χ1v) is 7.48. The van der Waals surface area contributed by atoms with Crippen LogP contribution in [-0.2, 0) is 9.31 Å². The average Bonchev–Trinajstić information content (AvgIpc) is 3.00. The monoisotopic (exact) mass is 266 g/mol. The third kappa shape index (κ3) is 2.27. The van der Waals surface area contributed by atoms with Crippen molar-refractivity contribution in [2.45, 2.75) is 77.4 Å². The van der Waals surface area contributed by atoms with Crippen LogP contribution in [0.1, 0.15) is 66.2 Å². The van der Waals surface area contributed by atoms with Crippen LogP contribution in [0.5, 0.6) is 0 Å². The maximum Gasteiger partial charge on any atom is 0.525 e. The van der Waals surface area contributed by atoms with E-state index in [1.54, 1.807) is 0 Å². The van der Waals surface area contributed by atoms with E-state index in [9.17, 15) is 4.39 Å². The normalized spacial score (nSPS) is 33.6. The van der Waals surface area contributed by atoms with Gasteiger partial charge in [-0.1, -0.05) is 0 Å². The lowest BCUT2D eigenvalue weighted by atomic mass is 9.76. The summed E-state index contributed by atoms with van der Waals surface area (Å²) in [5.74, 6) is 0. The summed E-state index contributed by atoms with van der Waals surface area (Å²) in [5, 5.41) is 0. The van der Waals surface area contributed by atoms with Crippen LogP contribution < -0.4 is 0 Å². The molecule has 0 amide bonds. The van der Waals surface area contributed by atoms with Gasteiger partial charge >= 0.3 is 7.12 Å². The predicted molar refractivity (Wildman–Crippen MR) is 74.4 cm³/mol. The van der Waals surface area contributed by atoms with Gasteiger partial charge in [0.1, 0.15) is 5.73 Å². The molecule has 1 aliphatic heterocycles. The summed E-state index contributed by atoms with van der Waals surface area (Å²) in [5.41, 5.74) is 0.323. The number of hydrogen-bond donors (Lipinski definition) is 0. The molecule has 2 saturated carbocycles. The summed E-state index contributed by atoms with van der Waals surface area (Å²) in [7, 11) is -0.797. The molecule has 0 bridgehead atoms. The van der Waals surface area contributed by atoms with Crippen molar-refractivity contribution in [2.24, 2.45) is 5.41 Å². The van der Waals surface area contributed by atoms with Crippen LogP contribution in [0.2, 0.25) is 0 Å². The molecule has 2 nitrogen and oxygen atoms in total. The Morgan fingerprint density at radius 3 is 2.16 bits per heavy atom. The number of rotatable bonds is 1. The van der Waals surface area contributed by atoms with E-state index in [4.69, 9.17) is 9.31 Å². The van der Waals surface area contributed by atoms with Crippen molar-refractivity contribution >= 4 is 7.12 Å².